The van der Waals surface area contributed by atoms with Crippen molar-refractivity contribution in [2.24, 2.45) is 5.14 Å². The summed E-state index contributed by atoms with van der Waals surface area (Å²) < 4.78 is 23.4. The summed E-state index contributed by atoms with van der Waals surface area (Å²) in [5, 5.41) is 25.6. The van der Waals surface area contributed by atoms with Crippen LogP contribution in [0.3, 0.4) is 0 Å². The molecule has 1 aromatic heterocycles. The second kappa shape index (κ2) is 5.56. The number of hydrogen-bond acceptors (Lipinski definition) is 5. The van der Waals surface area contributed by atoms with Crippen molar-refractivity contribution in [1.82, 2.24) is 15.4 Å². The fraction of sp³-hybridized carbons (Fsp3) is 0.500. The van der Waals surface area contributed by atoms with E-state index in [0.717, 1.165) is 0 Å². The molecule has 1 aromatic carbocycles. The molecule has 0 unspecified atom stereocenters. The van der Waals surface area contributed by atoms with Crippen molar-refractivity contribution in [3.63, 3.8) is 0 Å². The standard InChI is InChI=1S/C16H24N4O3S/c1-15(2,3)10-7-9(8-11(13(10)21)16(4,5)6)12-14(19-20-18-12)24(17,22)23/h7-8,21H,1-6H3,(H2,17,22,23)(H,18,19,20). The summed E-state index contributed by atoms with van der Waals surface area (Å²) in [6, 6.07) is 3.47. The van der Waals surface area contributed by atoms with Gasteiger partial charge in [-0.25, -0.2) is 13.6 Å². The van der Waals surface area contributed by atoms with E-state index < -0.39 is 10.0 Å². The smallest absolute Gasteiger partial charge is 0.259 e. The molecule has 2 rings (SSSR count). The molecule has 0 amide bonds. The van der Waals surface area contributed by atoms with Gasteiger partial charge in [0.15, 0.2) is 0 Å². The minimum atomic E-state index is -4.01. The molecule has 7 nitrogen and oxygen atoms in total. The second-order valence-electron chi connectivity index (χ2n) is 7.94. The average molecular weight is 352 g/mol. The third-order valence-corrected chi connectivity index (χ3v) is 4.61. The maximum atomic E-state index is 11.7. The van der Waals surface area contributed by atoms with Crippen LogP contribution in [0.5, 0.6) is 5.75 Å². The number of primary sulfonamides is 1. The van der Waals surface area contributed by atoms with E-state index in [-0.39, 0.29) is 27.3 Å². The van der Waals surface area contributed by atoms with Crippen LogP contribution in [-0.2, 0) is 20.9 Å². The number of hydrogen-bond donors (Lipinski definition) is 3. The first-order chi connectivity index (χ1) is 10.7. The van der Waals surface area contributed by atoms with E-state index in [9.17, 15) is 13.5 Å². The van der Waals surface area contributed by atoms with Gasteiger partial charge in [-0.2, -0.15) is 10.3 Å². The zero-order valence-corrected chi connectivity index (χ0v) is 15.6. The first-order valence-electron chi connectivity index (χ1n) is 7.55. The Kier molecular flexibility index (Phi) is 4.26. The van der Waals surface area contributed by atoms with Crippen molar-refractivity contribution in [3.8, 4) is 17.0 Å². The zero-order chi connectivity index (χ0) is 18.5. The highest BCUT2D eigenvalue weighted by atomic mass is 32.2. The number of phenolic OH excluding ortho intramolecular Hbond substituents is 1. The van der Waals surface area contributed by atoms with Crippen molar-refractivity contribution in [2.45, 2.75) is 57.4 Å². The van der Waals surface area contributed by atoms with Gasteiger partial charge in [0.1, 0.15) is 11.4 Å². The summed E-state index contributed by atoms with van der Waals surface area (Å²) in [7, 11) is -4.01. The lowest BCUT2D eigenvalue weighted by molar-refractivity contribution is 0.423. The normalized spacial score (nSPS) is 13.3. The maximum absolute atomic E-state index is 11.7. The highest BCUT2D eigenvalue weighted by molar-refractivity contribution is 7.89. The lowest BCUT2D eigenvalue weighted by Gasteiger charge is -2.28. The number of nitrogens with zero attached hydrogens (tertiary/aromatic N) is 2. The molecule has 0 fully saturated rings. The Morgan fingerprint density at radius 3 is 1.83 bits per heavy atom. The monoisotopic (exact) mass is 352 g/mol. The lowest BCUT2D eigenvalue weighted by atomic mass is 9.78. The molecule has 0 atom stereocenters. The minimum Gasteiger partial charge on any atom is -0.507 e. The molecule has 0 radical (unpaired) electrons. The largest absolute Gasteiger partial charge is 0.507 e. The highest BCUT2D eigenvalue weighted by Gasteiger charge is 2.29. The first kappa shape index (κ1) is 18.4. The number of nitrogens with two attached hydrogens (primary N) is 1. The van der Waals surface area contributed by atoms with Crippen LogP contribution in [0.2, 0.25) is 0 Å². The van der Waals surface area contributed by atoms with Gasteiger partial charge in [0, 0.05) is 16.7 Å². The average Bonchev–Trinajstić information content (AvgIpc) is 2.85. The number of nitrogens with one attached hydrogen (secondary N) is 1. The number of aromatic nitrogens is 3. The van der Waals surface area contributed by atoms with Gasteiger partial charge in [0.25, 0.3) is 10.0 Å². The summed E-state index contributed by atoms with van der Waals surface area (Å²) in [5.74, 6) is 0.208. The molecule has 0 bridgehead atoms. The highest BCUT2D eigenvalue weighted by Crippen LogP contribution is 2.42. The van der Waals surface area contributed by atoms with Gasteiger partial charge >= 0.3 is 0 Å². The van der Waals surface area contributed by atoms with E-state index in [0.29, 0.717) is 16.7 Å². The summed E-state index contributed by atoms with van der Waals surface area (Å²) in [4.78, 5) is 0. The molecule has 2 aromatic rings. The van der Waals surface area contributed by atoms with Crippen LogP contribution in [0.1, 0.15) is 52.7 Å². The molecule has 0 saturated heterocycles. The van der Waals surface area contributed by atoms with Gasteiger partial charge < -0.3 is 5.11 Å². The third kappa shape index (κ3) is 3.44. The number of aromatic hydroxyl groups is 1. The Morgan fingerprint density at radius 1 is 1.00 bits per heavy atom. The van der Waals surface area contributed by atoms with Gasteiger partial charge in [-0.15, -0.1) is 5.10 Å². The fourth-order valence-electron chi connectivity index (χ4n) is 2.52. The van der Waals surface area contributed by atoms with Crippen molar-refractivity contribution in [1.29, 1.82) is 0 Å². The van der Waals surface area contributed by atoms with Crippen molar-refractivity contribution < 1.29 is 13.5 Å². The quantitative estimate of drug-likeness (QED) is 0.766. The molecule has 0 saturated carbocycles. The SMILES string of the molecule is CC(C)(C)c1cc(-c2n[nH]nc2S(N)(=O)=O)cc(C(C)(C)C)c1O. The number of phenols is 1. The van der Waals surface area contributed by atoms with E-state index in [1.54, 1.807) is 12.1 Å². The molecule has 0 aliphatic heterocycles. The van der Waals surface area contributed by atoms with Crippen LogP contribution < -0.4 is 5.14 Å². The topological polar surface area (TPSA) is 122 Å². The van der Waals surface area contributed by atoms with E-state index in [4.69, 9.17) is 5.14 Å². The summed E-state index contributed by atoms with van der Waals surface area (Å²) in [5.41, 5.74) is 1.41. The Morgan fingerprint density at radius 2 is 1.46 bits per heavy atom. The Bertz CT molecular complexity index is 836. The van der Waals surface area contributed by atoms with Crippen LogP contribution in [0.4, 0.5) is 0 Å². The van der Waals surface area contributed by atoms with E-state index in [1.165, 1.54) is 0 Å². The molecule has 0 spiro atoms. The van der Waals surface area contributed by atoms with Gasteiger partial charge in [-0.1, -0.05) is 41.5 Å². The first-order valence-corrected chi connectivity index (χ1v) is 9.09. The zero-order valence-electron chi connectivity index (χ0n) is 14.8. The second-order valence-corrected chi connectivity index (χ2v) is 9.42. The van der Waals surface area contributed by atoms with Crippen LogP contribution in [-0.4, -0.2) is 28.9 Å². The van der Waals surface area contributed by atoms with Crippen LogP contribution in [0, 0.1) is 0 Å². The third-order valence-electron chi connectivity index (χ3n) is 3.78. The predicted molar refractivity (Wildman–Crippen MR) is 92.3 cm³/mol. The number of sulfonamides is 1. The van der Waals surface area contributed by atoms with Gasteiger partial charge in [-0.05, 0) is 23.0 Å². The van der Waals surface area contributed by atoms with Gasteiger partial charge in [0.05, 0.1) is 0 Å². The molecule has 1 heterocycles. The van der Waals surface area contributed by atoms with E-state index in [2.05, 4.69) is 15.4 Å². The van der Waals surface area contributed by atoms with Crippen molar-refractivity contribution in [3.05, 3.63) is 23.3 Å². The number of rotatable bonds is 2. The van der Waals surface area contributed by atoms with Crippen LogP contribution in [0.15, 0.2) is 17.2 Å². The lowest BCUT2D eigenvalue weighted by Crippen LogP contribution is -2.18. The maximum Gasteiger partial charge on any atom is 0.259 e. The molecular weight excluding hydrogens is 328 g/mol. The fourth-order valence-corrected chi connectivity index (χ4v) is 3.12. The molecular formula is C16H24N4O3S. The molecule has 132 valence electrons. The van der Waals surface area contributed by atoms with Crippen molar-refractivity contribution in [2.75, 3.05) is 0 Å². The summed E-state index contributed by atoms with van der Waals surface area (Å²) in [6.07, 6.45) is 0. The minimum absolute atomic E-state index is 0.147. The van der Waals surface area contributed by atoms with E-state index in [1.807, 2.05) is 41.5 Å². The number of aromatic amines is 1. The van der Waals surface area contributed by atoms with Crippen LogP contribution in [0.25, 0.3) is 11.3 Å². The Balaban J connectivity index is 2.85. The molecule has 0 aliphatic rings. The summed E-state index contributed by atoms with van der Waals surface area (Å²) >= 11 is 0. The van der Waals surface area contributed by atoms with Gasteiger partial charge in [0.2, 0.25) is 5.03 Å². The Hall–Kier alpha value is -1.93. The molecule has 4 N–H and O–H groups in total. The van der Waals surface area contributed by atoms with Crippen molar-refractivity contribution >= 4 is 10.0 Å². The predicted octanol–water partition coefficient (Wildman–Crippen LogP) is 2.42. The summed E-state index contributed by atoms with van der Waals surface area (Å²) in [6.45, 7) is 11.8. The van der Waals surface area contributed by atoms with Gasteiger partial charge in [-0.3, -0.25) is 0 Å². The van der Waals surface area contributed by atoms with Crippen LogP contribution >= 0.6 is 0 Å². The number of benzene rings is 1. The molecule has 24 heavy (non-hydrogen) atoms. The molecule has 0 aliphatic carbocycles. The molecule has 8 heteroatoms. The number of H-pyrrole nitrogens is 1. The van der Waals surface area contributed by atoms with E-state index >= 15 is 0 Å². The Labute approximate surface area is 142 Å².